The Bertz CT molecular complexity index is 633. The van der Waals surface area contributed by atoms with Gasteiger partial charge < -0.3 is 0 Å². The van der Waals surface area contributed by atoms with E-state index in [1.165, 1.54) is 6.07 Å². The summed E-state index contributed by atoms with van der Waals surface area (Å²) < 4.78 is 50.7. The molecule has 2 aromatic rings. The molecule has 1 aromatic heterocycles. The summed E-state index contributed by atoms with van der Waals surface area (Å²) in [5, 5.41) is 1.71. The molecule has 1 aromatic carbocycles. The van der Waals surface area contributed by atoms with Crippen LogP contribution in [0.15, 0.2) is 29.6 Å². The van der Waals surface area contributed by atoms with Gasteiger partial charge in [-0.25, -0.2) is 4.39 Å². The van der Waals surface area contributed by atoms with Gasteiger partial charge in [0.25, 0.3) is 0 Å². The third kappa shape index (κ3) is 2.79. The molecule has 0 unspecified atom stereocenters. The maximum absolute atomic E-state index is 13.1. The van der Waals surface area contributed by atoms with Gasteiger partial charge in [-0.2, -0.15) is 13.2 Å². The van der Waals surface area contributed by atoms with Crippen molar-refractivity contribution in [1.82, 2.24) is 0 Å². The van der Waals surface area contributed by atoms with Crippen LogP contribution in [0.3, 0.4) is 0 Å². The monoisotopic (exact) mass is 308 g/mol. The van der Waals surface area contributed by atoms with Crippen molar-refractivity contribution in [3.63, 3.8) is 0 Å². The van der Waals surface area contributed by atoms with Crippen LogP contribution in [-0.2, 0) is 6.18 Å². The van der Waals surface area contributed by atoms with Crippen molar-refractivity contribution in [3.05, 3.63) is 56.5 Å². The Labute approximate surface area is 114 Å². The van der Waals surface area contributed by atoms with Crippen LogP contribution in [0.5, 0.6) is 0 Å². The van der Waals surface area contributed by atoms with Gasteiger partial charge in [0.15, 0.2) is 0 Å². The van der Waals surface area contributed by atoms with E-state index >= 15 is 0 Å². The van der Waals surface area contributed by atoms with E-state index in [1.807, 2.05) is 0 Å². The van der Waals surface area contributed by atoms with Gasteiger partial charge in [0.05, 0.1) is 15.5 Å². The topological polar surface area (TPSA) is 17.1 Å². The average molecular weight is 309 g/mol. The summed E-state index contributed by atoms with van der Waals surface area (Å²) in [5.74, 6) is -2.08. The minimum atomic E-state index is -4.85. The first-order valence-electron chi connectivity index (χ1n) is 4.95. The number of hydrogen-bond donors (Lipinski definition) is 0. The molecule has 0 fully saturated rings. The maximum atomic E-state index is 13.1. The van der Waals surface area contributed by atoms with E-state index in [1.54, 1.807) is 5.38 Å². The highest BCUT2D eigenvalue weighted by atomic mass is 35.5. The van der Waals surface area contributed by atoms with Crippen molar-refractivity contribution < 1.29 is 22.4 Å². The number of carbonyl (C=O) groups is 1. The molecule has 0 saturated heterocycles. The number of benzene rings is 1. The van der Waals surface area contributed by atoms with E-state index in [-0.39, 0.29) is 15.5 Å². The molecule has 0 aliphatic rings. The second-order valence-corrected chi connectivity index (χ2v) is 4.94. The molecule has 0 bridgehead atoms. The molecule has 1 nitrogen and oxygen atoms in total. The van der Waals surface area contributed by atoms with Crippen LogP contribution in [-0.4, -0.2) is 5.78 Å². The van der Waals surface area contributed by atoms with Gasteiger partial charge in [-0.15, -0.1) is 11.3 Å². The van der Waals surface area contributed by atoms with Gasteiger partial charge in [0, 0.05) is 5.56 Å². The first-order valence-corrected chi connectivity index (χ1v) is 6.21. The number of halogens is 5. The standard InChI is InChI=1S/C12H5ClF4OS/c13-8-3-4-19-11(8)10(18)6-1-2-9(14)7(5-6)12(15,16)17/h1-5H. The van der Waals surface area contributed by atoms with Crippen LogP contribution >= 0.6 is 22.9 Å². The van der Waals surface area contributed by atoms with Crippen molar-refractivity contribution in [2.75, 3.05) is 0 Å². The number of thiophene rings is 1. The second kappa shape index (κ2) is 4.94. The minimum Gasteiger partial charge on any atom is -0.288 e. The molecule has 0 atom stereocenters. The van der Waals surface area contributed by atoms with Crippen molar-refractivity contribution >= 4 is 28.7 Å². The minimum absolute atomic E-state index is 0.126. The zero-order valence-electron chi connectivity index (χ0n) is 9.09. The van der Waals surface area contributed by atoms with Gasteiger partial charge in [0.2, 0.25) is 5.78 Å². The molecule has 0 aliphatic heterocycles. The molecular weight excluding hydrogens is 304 g/mol. The molecule has 2 rings (SSSR count). The van der Waals surface area contributed by atoms with Gasteiger partial charge >= 0.3 is 6.18 Å². The summed E-state index contributed by atoms with van der Waals surface area (Å²) in [6.07, 6.45) is -4.85. The maximum Gasteiger partial charge on any atom is 0.419 e. The van der Waals surface area contributed by atoms with E-state index in [0.29, 0.717) is 12.1 Å². The highest BCUT2D eigenvalue weighted by molar-refractivity contribution is 7.13. The van der Waals surface area contributed by atoms with Crippen molar-refractivity contribution in [2.45, 2.75) is 6.18 Å². The Balaban J connectivity index is 2.48. The van der Waals surface area contributed by atoms with Crippen molar-refractivity contribution in [3.8, 4) is 0 Å². The number of ketones is 1. The Morgan fingerprint density at radius 1 is 1.21 bits per heavy atom. The fourth-order valence-electron chi connectivity index (χ4n) is 1.47. The third-order valence-electron chi connectivity index (χ3n) is 2.36. The lowest BCUT2D eigenvalue weighted by atomic mass is 10.1. The van der Waals surface area contributed by atoms with Crippen LogP contribution in [0, 0.1) is 5.82 Å². The molecule has 19 heavy (non-hydrogen) atoms. The van der Waals surface area contributed by atoms with Crippen LogP contribution in [0.25, 0.3) is 0 Å². The van der Waals surface area contributed by atoms with Crippen molar-refractivity contribution in [1.29, 1.82) is 0 Å². The van der Waals surface area contributed by atoms with Gasteiger partial charge in [-0.05, 0) is 29.6 Å². The van der Waals surface area contributed by atoms with E-state index in [2.05, 4.69) is 0 Å². The molecule has 0 spiro atoms. The molecule has 0 radical (unpaired) electrons. The van der Waals surface area contributed by atoms with Gasteiger partial charge in [-0.3, -0.25) is 4.79 Å². The van der Waals surface area contributed by atoms with Crippen LogP contribution in [0.2, 0.25) is 5.02 Å². The van der Waals surface area contributed by atoms with E-state index in [9.17, 15) is 22.4 Å². The lowest BCUT2D eigenvalue weighted by Gasteiger charge is -2.09. The molecule has 1 heterocycles. The number of hydrogen-bond acceptors (Lipinski definition) is 2. The zero-order chi connectivity index (χ0) is 14.2. The number of rotatable bonds is 2. The van der Waals surface area contributed by atoms with E-state index < -0.39 is 23.3 Å². The molecule has 7 heteroatoms. The Kier molecular flexibility index (Phi) is 3.64. The fraction of sp³-hybridized carbons (Fsp3) is 0.0833. The highest BCUT2D eigenvalue weighted by Gasteiger charge is 2.34. The predicted molar refractivity (Wildman–Crippen MR) is 64.2 cm³/mol. The highest BCUT2D eigenvalue weighted by Crippen LogP contribution is 2.33. The summed E-state index contributed by atoms with van der Waals surface area (Å²) >= 11 is 6.75. The Morgan fingerprint density at radius 3 is 2.42 bits per heavy atom. The lowest BCUT2D eigenvalue weighted by Crippen LogP contribution is -2.10. The largest absolute Gasteiger partial charge is 0.419 e. The van der Waals surface area contributed by atoms with Gasteiger partial charge in [0.1, 0.15) is 5.82 Å². The zero-order valence-corrected chi connectivity index (χ0v) is 10.7. The van der Waals surface area contributed by atoms with Crippen LogP contribution in [0.1, 0.15) is 20.8 Å². The SMILES string of the molecule is O=C(c1ccc(F)c(C(F)(F)F)c1)c1sccc1Cl. The Morgan fingerprint density at radius 2 is 1.89 bits per heavy atom. The smallest absolute Gasteiger partial charge is 0.288 e. The van der Waals surface area contributed by atoms with Gasteiger partial charge in [-0.1, -0.05) is 11.6 Å². The average Bonchev–Trinajstić information content (AvgIpc) is 2.73. The Hall–Kier alpha value is -1.40. The van der Waals surface area contributed by atoms with Crippen LogP contribution < -0.4 is 0 Å². The summed E-state index contributed by atoms with van der Waals surface area (Å²) in [6.45, 7) is 0. The van der Waals surface area contributed by atoms with Crippen molar-refractivity contribution in [2.24, 2.45) is 0 Å². The molecule has 0 saturated carbocycles. The normalized spacial score (nSPS) is 11.6. The number of alkyl halides is 3. The molecule has 100 valence electrons. The summed E-state index contributed by atoms with van der Waals surface area (Å²) in [4.78, 5) is 12.1. The van der Waals surface area contributed by atoms with Crippen LogP contribution in [0.4, 0.5) is 17.6 Å². The second-order valence-electron chi connectivity index (χ2n) is 3.62. The lowest BCUT2D eigenvalue weighted by molar-refractivity contribution is -0.140. The van der Waals surface area contributed by atoms with E-state index in [0.717, 1.165) is 17.4 Å². The third-order valence-corrected chi connectivity index (χ3v) is 3.70. The first-order chi connectivity index (χ1) is 8.80. The predicted octanol–water partition coefficient (Wildman–Crippen LogP) is 4.79. The summed E-state index contributed by atoms with van der Waals surface area (Å²) in [6, 6.07) is 3.59. The first kappa shape index (κ1) is 14.0. The summed E-state index contributed by atoms with van der Waals surface area (Å²) in [7, 11) is 0. The fourth-order valence-corrected chi connectivity index (χ4v) is 2.57. The number of carbonyl (C=O) groups excluding carboxylic acids is 1. The summed E-state index contributed by atoms with van der Waals surface area (Å²) in [5.41, 5.74) is -1.72. The van der Waals surface area contributed by atoms with E-state index in [4.69, 9.17) is 11.6 Å². The quantitative estimate of drug-likeness (QED) is 0.576. The molecule has 0 aliphatic carbocycles. The molecule has 0 N–H and O–H groups in total. The molecular formula is C12H5ClF4OS. The molecule has 0 amide bonds.